The van der Waals surface area contributed by atoms with E-state index in [0.717, 1.165) is 37.4 Å². The molecule has 128 valence electrons. The van der Waals surface area contributed by atoms with Crippen LogP contribution in [0.5, 0.6) is 5.75 Å². The fraction of sp³-hybridized carbons (Fsp3) is 0.500. The molecule has 1 aliphatic heterocycles. The Hall–Kier alpha value is -2.37. The van der Waals surface area contributed by atoms with Gasteiger partial charge in [-0.2, -0.15) is 5.10 Å². The largest absolute Gasteiger partial charge is 0.493 e. The van der Waals surface area contributed by atoms with E-state index in [1.165, 1.54) is 17.5 Å². The molecule has 1 fully saturated rings. The zero-order chi connectivity index (χ0) is 16.9. The van der Waals surface area contributed by atoms with Gasteiger partial charge in [0.25, 0.3) is 0 Å². The first kappa shape index (κ1) is 16.5. The number of ether oxygens (including phenoxy) is 1. The average molecular weight is 328 g/mol. The van der Waals surface area contributed by atoms with Gasteiger partial charge < -0.3 is 9.64 Å². The lowest BCUT2D eigenvalue weighted by Crippen LogP contribution is -2.39. The molecule has 1 aromatic heterocycles. The van der Waals surface area contributed by atoms with Crippen molar-refractivity contribution in [3.05, 3.63) is 41.5 Å². The standard InChI is InChI=1S/C18H24N4O2/c1-13-6-7-15(11-14(13)2)24-10-8-17(23)22-9-4-3-5-16(22)18-19-12-20-21-18/h6-7,11-12,16H,3-5,8-10H2,1-2H3,(H,19,20,21)/t16-/m0/s1. The Morgan fingerprint density at radius 3 is 2.96 bits per heavy atom. The van der Waals surface area contributed by atoms with Crippen molar-refractivity contribution in [1.29, 1.82) is 0 Å². The number of hydrogen-bond acceptors (Lipinski definition) is 4. The summed E-state index contributed by atoms with van der Waals surface area (Å²) in [6, 6.07) is 6.01. The Morgan fingerprint density at radius 1 is 1.33 bits per heavy atom. The smallest absolute Gasteiger partial charge is 0.226 e. The summed E-state index contributed by atoms with van der Waals surface area (Å²) >= 11 is 0. The number of piperidine rings is 1. The molecule has 2 heterocycles. The number of likely N-dealkylation sites (tertiary alicyclic amines) is 1. The van der Waals surface area contributed by atoms with Crippen LogP contribution in [0.4, 0.5) is 0 Å². The van der Waals surface area contributed by atoms with Gasteiger partial charge in [0.1, 0.15) is 17.9 Å². The maximum absolute atomic E-state index is 12.6. The molecule has 1 amide bonds. The minimum atomic E-state index is 0.00960. The predicted octanol–water partition coefficient (Wildman–Crippen LogP) is 2.94. The quantitative estimate of drug-likeness (QED) is 0.916. The van der Waals surface area contributed by atoms with Crippen molar-refractivity contribution < 1.29 is 9.53 Å². The van der Waals surface area contributed by atoms with Crippen molar-refractivity contribution in [3.8, 4) is 5.75 Å². The minimum Gasteiger partial charge on any atom is -0.493 e. The van der Waals surface area contributed by atoms with E-state index in [1.807, 2.05) is 23.1 Å². The van der Waals surface area contributed by atoms with Gasteiger partial charge in [0.2, 0.25) is 5.91 Å². The SMILES string of the molecule is Cc1ccc(OCCC(=O)N2CCCC[C@H]2c2ncn[nH]2)cc1C. The van der Waals surface area contributed by atoms with Gasteiger partial charge >= 0.3 is 0 Å². The van der Waals surface area contributed by atoms with Crippen molar-refractivity contribution in [2.24, 2.45) is 0 Å². The highest BCUT2D eigenvalue weighted by atomic mass is 16.5. The monoisotopic (exact) mass is 328 g/mol. The van der Waals surface area contributed by atoms with Crippen LogP contribution < -0.4 is 4.74 Å². The second-order valence-electron chi connectivity index (χ2n) is 6.31. The predicted molar refractivity (Wildman–Crippen MR) is 90.7 cm³/mol. The molecule has 1 aromatic carbocycles. The van der Waals surface area contributed by atoms with Gasteiger partial charge in [0.15, 0.2) is 0 Å². The van der Waals surface area contributed by atoms with Gasteiger partial charge in [-0.25, -0.2) is 4.98 Å². The van der Waals surface area contributed by atoms with Crippen LogP contribution in [0.3, 0.4) is 0 Å². The Balaban J connectivity index is 1.56. The third-order valence-electron chi connectivity index (χ3n) is 4.64. The number of hydrogen-bond donors (Lipinski definition) is 1. The molecule has 0 spiro atoms. The summed E-state index contributed by atoms with van der Waals surface area (Å²) in [5.74, 6) is 1.70. The number of aromatic nitrogens is 3. The molecule has 1 saturated heterocycles. The van der Waals surface area contributed by atoms with Gasteiger partial charge in [-0.1, -0.05) is 6.07 Å². The number of amides is 1. The van der Waals surface area contributed by atoms with Crippen molar-refractivity contribution in [3.63, 3.8) is 0 Å². The molecule has 0 unspecified atom stereocenters. The Bertz CT molecular complexity index is 684. The third-order valence-corrected chi connectivity index (χ3v) is 4.64. The summed E-state index contributed by atoms with van der Waals surface area (Å²) in [5.41, 5.74) is 2.43. The number of nitrogens with one attached hydrogen (secondary N) is 1. The molecular formula is C18H24N4O2. The van der Waals surface area contributed by atoms with Crippen molar-refractivity contribution in [1.82, 2.24) is 20.1 Å². The Kier molecular flexibility index (Phi) is 5.13. The number of carbonyl (C=O) groups is 1. The van der Waals surface area contributed by atoms with Crippen LogP contribution in [-0.4, -0.2) is 39.1 Å². The van der Waals surface area contributed by atoms with Gasteiger partial charge in [-0.3, -0.25) is 9.89 Å². The molecule has 0 radical (unpaired) electrons. The highest BCUT2D eigenvalue weighted by molar-refractivity contribution is 5.76. The Labute approximate surface area is 142 Å². The van der Waals surface area contributed by atoms with Crippen LogP contribution in [0, 0.1) is 13.8 Å². The van der Waals surface area contributed by atoms with Crippen molar-refractivity contribution >= 4 is 5.91 Å². The average Bonchev–Trinajstić information content (AvgIpc) is 3.12. The molecule has 24 heavy (non-hydrogen) atoms. The summed E-state index contributed by atoms with van der Waals surface area (Å²) in [6.45, 7) is 5.29. The lowest BCUT2D eigenvalue weighted by Gasteiger charge is -2.34. The molecule has 0 saturated carbocycles. The van der Waals surface area contributed by atoms with Crippen molar-refractivity contribution in [2.75, 3.05) is 13.2 Å². The van der Waals surface area contributed by atoms with Crippen molar-refractivity contribution in [2.45, 2.75) is 45.6 Å². The summed E-state index contributed by atoms with van der Waals surface area (Å²) in [7, 11) is 0. The first-order chi connectivity index (χ1) is 11.6. The number of benzene rings is 1. The first-order valence-electron chi connectivity index (χ1n) is 8.50. The van der Waals surface area contributed by atoms with E-state index in [1.54, 1.807) is 0 Å². The van der Waals surface area contributed by atoms with E-state index >= 15 is 0 Å². The molecule has 1 aliphatic rings. The molecule has 2 aromatic rings. The minimum absolute atomic E-state index is 0.00960. The molecule has 1 atom stereocenters. The molecular weight excluding hydrogens is 304 g/mol. The first-order valence-corrected chi connectivity index (χ1v) is 8.50. The van der Waals surface area contributed by atoms with Gasteiger partial charge in [0.05, 0.1) is 19.1 Å². The van der Waals surface area contributed by atoms with E-state index in [4.69, 9.17) is 4.74 Å². The van der Waals surface area contributed by atoms with Crippen LogP contribution in [0.25, 0.3) is 0 Å². The second-order valence-corrected chi connectivity index (χ2v) is 6.31. The summed E-state index contributed by atoms with van der Waals surface area (Å²) in [5, 5.41) is 6.81. The van der Waals surface area contributed by atoms with Crippen LogP contribution in [-0.2, 0) is 4.79 Å². The normalized spacial score (nSPS) is 17.8. The fourth-order valence-electron chi connectivity index (χ4n) is 3.09. The topological polar surface area (TPSA) is 71.1 Å². The number of H-pyrrole nitrogens is 1. The maximum atomic E-state index is 12.6. The molecule has 0 aliphatic carbocycles. The Morgan fingerprint density at radius 2 is 2.21 bits per heavy atom. The lowest BCUT2D eigenvalue weighted by atomic mass is 10.0. The van der Waals surface area contributed by atoms with Crippen LogP contribution in [0.1, 0.15) is 48.7 Å². The zero-order valence-electron chi connectivity index (χ0n) is 14.3. The van der Waals surface area contributed by atoms with E-state index in [2.05, 4.69) is 29.0 Å². The van der Waals surface area contributed by atoms with E-state index in [-0.39, 0.29) is 11.9 Å². The number of nitrogens with zero attached hydrogens (tertiary/aromatic N) is 3. The highest BCUT2D eigenvalue weighted by Crippen LogP contribution is 2.29. The van der Waals surface area contributed by atoms with E-state index in [9.17, 15) is 4.79 Å². The summed E-state index contributed by atoms with van der Waals surface area (Å²) in [4.78, 5) is 18.7. The van der Waals surface area contributed by atoms with Crippen LogP contribution in [0.2, 0.25) is 0 Å². The number of aromatic amines is 1. The molecule has 6 heteroatoms. The lowest BCUT2D eigenvalue weighted by molar-refractivity contribution is -0.135. The number of aryl methyl sites for hydroxylation is 2. The van der Waals surface area contributed by atoms with Crippen LogP contribution in [0.15, 0.2) is 24.5 Å². The summed E-state index contributed by atoms with van der Waals surface area (Å²) < 4.78 is 5.75. The molecule has 6 nitrogen and oxygen atoms in total. The molecule has 3 rings (SSSR count). The van der Waals surface area contributed by atoms with Gasteiger partial charge in [-0.05, 0) is 56.4 Å². The van der Waals surface area contributed by atoms with Gasteiger partial charge in [0, 0.05) is 6.54 Å². The van der Waals surface area contributed by atoms with Gasteiger partial charge in [-0.15, -0.1) is 0 Å². The van der Waals surface area contributed by atoms with E-state index in [0.29, 0.717) is 13.0 Å². The van der Waals surface area contributed by atoms with Crippen LogP contribution >= 0.6 is 0 Å². The van der Waals surface area contributed by atoms with E-state index < -0.39 is 0 Å². The highest BCUT2D eigenvalue weighted by Gasteiger charge is 2.29. The third kappa shape index (κ3) is 3.75. The fourth-order valence-corrected chi connectivity index (χ4v) is 3.09. The number of rotatable bonds is 5. The second kappa shape index (κ2) is 7.47. The number of carbonyl (C=O) groups excluding carboxylic acids is 1. The maximum Gasteiger partial charge on any atom is 0.226 e. The molecule has 0 bridgehead atoms. The molecule has 1 N–H and O–H groups in total. The summed E-state index contributed by atoms with van der Waals surface area (Å²) in [6.07, 6.45) is 4.94. The zero-order valence-corrected chi connectivity index (χ0v) is 14.3.